The zero-order valence-corrected chi connectivity index (χ0v) is 22.7. The summed E-state index contributed by atoms with van der Waals surface area (Å²) in [6.07, 6.45) is 21.2. The van der Waals surface area contributed by atoms with Crippen molar-refractivity contribution in [2.75, 3.05) is 6.16 Å². The van der Waals surface area contributed by atoms with Gasteiger partial charge in [0.05, 0.1) is 8.07 Å². The van der Waals surface area contributed by atoms with E-state index in [0.29, 0.717) is 5.04 Å². The van der Waals surface area contributed by atoms with Gasteiger partial charge >= 0.3 is 0 Å². The molecule has 0 nitrogen and oxygen atoms in total. The van der Waals surface area contributed by atoms with E-state index in [-0.39, 0.29) is 0 Å². The molecular weight excluding hydrogens is 395 g/mol. The highest BCUT2D eigenvalue weighted by Gasteiger charge is 2.48. The molecule has 0 aromatic heterocycles. The highest BCUT2D eigenvalue weighted by molar-refractivity contribution is 7.47. The summed E-state index contributed by atoms with van der Waals surface area (Å²) in [5.74, 6) is 0. The Bertz CT molecular complexity index is 659. The van der Waals surface area contributed by atoms with Crippen molar-refractivity contribution < 1.29 is 0 Å². The van der Waals surface area contributed by atoms with Gasteiger partial charge in [0.15, 0.2) is 0 Å². The fourth-order valence-electron chi connectivity index (χ4n) is 5.77. The van der Waals surface area contributed by atoms with Gasteiger partial charge in [-0.1, -0.05) is 128 Å². The molecule has 1 atom stereocenters. The zero-order valence-electron chi connectivity index (χ0n) is 20.7. The molecule has 0 spiro atoms. The van der Waals surface area contributed by atoms with E-state index in [2.05, 4.69) is 78.0 Å². The Morgan fingerprint density at radius 3 is 1.67 bits per heavy atom. The Morgan fingerprint density at radius 2 is 1.23 bits per heavy atom. The van der Waals surface area contributed by atoms with Crippen LogP contribution in [0.15, 0.2) is 36.4 Å². The molecule has 1 aromatic rings. The molecule has 0 fully saturated rings. The summed E-state index contributed by atoms with van der Waals surface area (Å²) in [6.45, 7) is 14.0. The van der Waals surface area contributed by atoms with Crippen LogP contribution in [0.3, 0.4) is 0 Å². The maximum absolute atomic E-state index is 2.67. The van der Waals surface area contributed by atoms with E-state index in [1.165, 1.54) is 85.9 Å². The van der Waals surface area contributed by atoms with E-state index in [1.807, 2.05) is 0 Å². The molecule has 0 aliphatic heterocycles. The lowest BCUT2D eigenvalue weighted by atomic mass is 10.1. The lowest BCUT2D eigenvalue weighted by Gasteiger charge is -2.47. The molecule has 0 heterocycles. The van der Waals surface area contributed by atoms with E-state index in [0.717, 1.165) is 8.58 Å². The molecule has 168 valence electrons. The molecule has 0 saturated heterocycles. The standard InChI is InChI=1S/C28H47PSi/c1-7-10-19-30(20-11-8-2,21-12-9-3)28(15-13-14-16-28)17-18-29-27-25(5)22-24(4)23-26(27)6/h13-16,22-23,29H,7-12,17-21H2,1-6H3. The molecule has 30 heavy (non-hydrogen) atoms. The van der Waals surface area contributed by atoms with Crippen molar-refractivity contribution in [3.63, 3.8) is 0 Å². The monoisotopic (exact) mass is 442 g/mol. The fraction of sp³-hybridized carbons (Fsp3) is 0.643. The van der Waals surface area contributed by atoms with Crippen LogP contribution in [0, 0.1) is 20.8 Å². The second-order valence-corrected chi connectivity index (χ2v) is 16.1. The van der Waals surface area contributed by atoms with Crippen molar-refractivity contribution in [3.05, 3.63) is 53.1 Å². The lowest BCUT2D eigenvalue weighted by Crippen LogP contribution is -2.46. The second kappa shape index (κ2) is 12.4. The lowest BCUT2D eigenvalue weighted by molar-refractivity contribution is 0.694. The topological polar surface area (TPSA) is 0 Å². The predicted octanol–water partition coefficient (Wildman–Crippen LogP) is 9.02. The first kappa shape index (κ1) is 25.6. The van der Waals surface area contributed by atoms with Gasteiger partial charge < -0.3 is 0 Å². The van der Waals surface area contributed by atoms with E-state index >= 15 is 0 Å². The van der Waals surface area contributed by atoms with Gasteiger partial charge in [0.1, 0.15) is 0 Å². The fourth-order valence-corrected chi connectivity index (χ4v) is 14.3. The first-order chi connectivity index (χ1) is 14.4. The number of rotatable bonds is 14. The minimum atomic E-state index is -1.42. The third kappa shape index (κ3) is 6.20. The van der Waals surface area contributed by atoms with Gasteiger partial charge in [-0.2, -0.15) is 0 Å². The Morgan fingerprint density at radius 1 is 0.767 bits per heavy atom. The average Bonchev–Trinajstić information content (AvgIpc) is 3.20. The Labute approximate surface area is 190 Å². The van der Waals surface area contributed by atoms with Crippen LogP contribution in [0.2, 0.25) is 23.2 Å². The molecule has 0 amide bonds. The summed E-state index contributed by atoms with van der Waals surface area (Å²) in [6, 6.07) is 9.35. The number of hydrogen-bond acceptors (Lipinski definition) is 0. The van der Waals surface area contributed by atoms with E-state index in [4.69, 9.17) is 0 Å². The van der Waals surface area contributed by atoms with Crippen LogP contribution < -0.4 is 5.30 Å². The first-order valence-electron chi connectivity index (χ1n) is 12.6. The third-order valence-electron chi connectivity index (χ3n) is 7.43. The highest BCUT2D eigenvalue weighted by Crippen LogP contribution is 2.55. The maximum atomic E-state index is 2.67. The van der Waals surface area contributed by atoms with Crippen molar-refractivity contribution >= 4 is 22.0 Å². The Hall–Kier alpha value is -0.653. The minimum absolute atomic E-state index is 0.409. The van der Waals surface area contributed by atoms with Crippen molar-refractivity contribution in [1.29, 1.82) is 0 Å². The van der Waals surface area contributed by atoms with Gasteiger partial charge in [-0.15, -0.1) is 0 Å². The van der Waals surface area contributed by atoms with E-state index in [9.17, 15) is 0 Å². The number of aryl methyl sites for hydroxylation is 3. The van der Waals surface area contributed by atoms with Crippen molar-refractivity contribution in [1.82, 2.24) is 0 Å². The maximum Gasteiger partial charge on any atom is 0.0688 e. The summed E-state index contributed by atoms with van der Waals surface area (Å²) in [4.78, 5) is 0. The molecule has 0 radical (unpaired) electrons. The van der Waals surface area contributed by atoms with Crippen LogP contribution in [0.25, 0.3) is 0 Å². The Balaban J connectivity index is 2.27. The summed E-state index contributed by atoms with van der Waals surface area (Å²) in [7, 11) is -0.473. The number of hydrogen-bond donors (Lipinski definition) is 0. The molecule has 0 saturated carbocycles. The van der Waals surface area contributed by atoms with Gasteiger partial charge in [0, 0.05) is 5.04 Å². The highest BCUT2D eigenvalue weighted by atomic mass is 31.1. The summed E-state index contributed by atoms with van der Waals surface area (Å²) in [5.41, 5.74) is 4.41. The third-order valence-corrected chi connectivity index (χ3v) is 15.6. The van der Waals surface area contributed by atoms with Gasteiger partial charge in [-0.25, -0.2) is 0 Å². The van der Waals surface area contributed by atoms with E-state index < -0.39 is 8.07 Å². The second-order valence-electron chi connectivity index (χ2n) is 9.80. The van der Waals surface area contributed by atoms with Crippen molar-refractivity contribution in [2.24, 2.45) is 0 Å². The number of benzene rings is 1. The molecule has 0 N–H and O–H groups in total. The summed E-state index contributed by atoms with van der Waals surface area (Å²) < 4.78 is 0. The number of allylic oxidation sites excluding steroid dienone is 4. The normalized spacial score (nSPS) is 15.7. The molecule has 1 aliphatic rings. The summed E-state index contributed by atoms with van der Waals surface area (Å²) in [5, 5.41) is 2.04. The first-order valence-corrected chi connectivity index (χ1v) is 16.4. The van der Waals surface area contributed by atoms with Crippen LogP contribution in [0.5, 0.6) is 0 Å². The van der Waals surface area contributed by atoms with Gasteiger partial charge in [0.2, 0.25) is 0 Å². The smallest absolute Gasteiger partial charge is 0.0688 e. The van der Waals surface area contributed by atoms with Crippen LogP contribution in [-0.4, -0.2) is 14.2 Å². The SMILES string of the molecule is CCCC[Si](CCCC)(CCCC)C1(CCPc2c(C)cc(C)cc2C)C=CC=C1. The van der Waals surface area contributed by atoms with Crippen molar-refractivity contribution in [2.45, 2.75) is 110 Å². The predicted molar refractivity (Wildman–Crippen MR) is 144 cm³/mol. The summed E-state index contributed by atoms with van der Waals surface area (Å²) >= 11 is 0. The molecular formula is C28H47PSi. The van der Waals surface area contributed by atoms with Crippen LogP contribution in [-0.2, 0) is 0 Å². The quantitative estimate of drug-likeness (QED) is 0.199. The van der Waals surface area contributed by atoms with Crippen LogP contribution in [0.1, 0.15) is 82.4 Å². The van der Waals surface area contributed by atoms with Crippen LogP contribution in [0.4, 0.5) is 0 Å². The zero-order chi connectivity index (χ0) is 22.0. The molecule has 1 aliphatic carbocycles. The molecule has 2 heteroatoms. The average molecular weight is 443 g/mol. The molecule has 1 aromatic carbocycles. The number of unbranched alkanes of at least 4 members (excludes halogenated alkanes) is 3. The van der Waals surface area contributed by atoms with Crippen molar-refractivity contribution in [3.8, 4) is 0 Å². The molecule has 1 unspecified atom stereocenters. The van der Waals surface area contributed by atoms with E-state index in [1.54, 1.807) is 5.30 Å². The minimum Gasteiger partial charge on any atom is -0.0898 e. The van der Waals surface area contributed by atoms with Gasteiger partial charge in [-0.05, 0) is 49.8 Å². The van der Waals surface area contributed by atoms with Crippen LogP contribution >= 0.6 is 8.58 Å². The Kier molecular flexibility index (Phi) is 10.6. The van der Waals surface area contributed by atoms with Gasteiger partial charge in [-0.3, -0.25) is 0 Å². The molecule has 0 bridgehead atoms. The molecule has 2 rings (SSSR count). The van der Waals surface area contributed by atoms with Gasteiger partial charge in [0.25, 0.3) is 0 Å². The largest absolute Gasteiger partial charge is 0.0898 e.